The molecule has 0 aliphatic carbocycles. The Hall–Kier alpha value is -1.63. The van der Waals surface area contributed by atoms with E-state index in [1.807, 2.05) is 13.8 Å². The molecule has 0 fully saturated rings. The van der Waals surface area contributed by atoms with Crippen LogP contribution in [0.2, 0.25) is 0 Å². The van der Waals surface area contributed by atoms with Crippen molar-refractivity contribution in [3.8, 4) is 0 Å². The third-order valence-electron chi connectivity index (χ3n) is 2.08. The molecule has 0 radical (unpaired) electrons. The molecule has 0 aromatic heterocycles. The number of hydrogen-bond donors (Lipinski definition) is 3. The molecule has 0 spiro atoms. The van der Waals surface area contributed by atoms with Gasteiger partial charge in [-0.3, -0.25) is 14.4 Å². The van der Waals surface area contributed by atoms with Crippen LogP contribution in [-0.4, -0.2) is 48.3 Å². The van der Waals surface area contributed by atoms with Crippen LogP contribution in [0.4, 0.5) is 0 Å². The van der Waals surface area contributed by atoms with Crippen molar-refractivity contribution in [2.24, 2.45) is 11.5 Å². The largest absolute Gasteiger partial charge is 0.368 e. The van der Waals surface area contributed by atoms with Crippen LogP contribution in [0, 0.1) is 0 Å². The summed E-state index contributed by atoms with van der Waals surface area (Å²) < 4.78 is 0. The lowest BCUT2D eigenvalue weighted by Crippen LogP contribution is -2.45. The number of nitrogens with two attached hydrogens (primary N) is 2. The van der Waals surface area contributed by atoms with Crippen molar-refractivity contribution >= 4 is 17.7 Å². The van der Waals surface area contributed by atoms with Gasteiger partial charge in [0.05, 0.1) is 13.1 Å². The Morgan fingerprint density at radius 3 is 2.00 bits per heavy atom. The summed E-state index contributed by atoms with van der Waals surface area (Å²) >= 11 is 0. The number of primary amides is 2. The number of carbonyl (C=O) groups excluding carboxylic acids is 3. The van der Waals surface area contributed by atoms with E-state index in [0.29, 0.717) is 0 Å². The van der Waals surface area contributed by atoms with E-state index in [2.05, 4.69) is 5.32 Å². The van der Waals surface area contributed by atoms with E-state index >= 15 is 0 Å². The Balaban J connectivity index is 4.40. The Kier molecular flexibility index (Phi) is 6.88. The second kappa shape index (κ2) is 7.61. The van der Waals surface area contributed by atoms with Gasteiger partial charge >= 0.3 is 0 Å². The van der Waals surface area contributed by atoms with Gasteiger partial charge in [0, 0.05) is 12.5 Å². The first kappa shape index (κ1) is 15.4. The number of nitrogens with one attached hydrogen (secondary N) is 1. The monoisotopic (exact) mass is 244 g/mol. The third kappa shape index (κ3) is 7.29. The van der Waals surface area contributed by atoms with Gasteiger partial charge in [0.2, 0.25) is 17.7 Å². The zero-order valence-electron chi connectivity index (χ0n) is 10.2. The van der Waals surface area contributed by atoms with Crippen molar-refractivity contribution in [3.05, 3.63) is 0 Å². The molecule has 98 valence electrons. The fourth-order valence-electron chi connectivity index (χ4n) is 1.42. The number of carbonyl (C=O) groups is 3. The number of rotatable bonds is 8. The molecule has 1 atom stereocenters. The van der Waals surface area contributed by atoms with Gasteiger partial charge in [0.25, 0.3) is 0 Å². The van der Waals surface area contributed by atoms with Crippen LogP contribution < -0.4 is 16.8 Å². The summed E-state index contributed by atoms with van der Waals surface area (Å²) in [6, 6.07) is -0.0317. The van der Waals surface area contributed by atoms with Crippen molar-refractivity contribution in [1.82, 2.24) is 10.2 Å². The van der Waals surface area contributed by atoms with Crippen molar-refractivity contribution in [3.63, 3.8) is 0 Å². The molecule has 0 aliphatic heterocycles. The van der Waals surface area contributed by atoms with E-state index in [4.69, 9.17) is 11.5 Å². The van der Waals surface area contributed by atoms with Gasteiger partial charge in [-0.1, -0.05) is 6.92 Å². The molecule has 0 saturated carbocycles. The maximum absolute atomic E-state index is 11.8. The average Bonchev–Trinajstić information content (AvgIpc) is 2.15. The minimum atomic E-state index is -0.671. The lowest BCUT2D eigenvalue weighted by molar-refractivity contribution is -0.138. The van der Waals surface area contributed by atoms with Crippen LogP contribution in [0.1, 0.15) is 20.3 Å². The van der Waals surface area contributed by atoms with Crippen LogP contribution in [0.15, 0.2) is 0 Å². The molecule has 0 rings (SSSR count). The Labute approximate surface area is 100 Å². The van der Waals surface area contributed by atoms with E-state index in [-0.39, 0.29) is 31.5 Å². The maximum Gasteiger partial charge on any atom is 0.237 e. The van der Waals surface area contributed by atoms with Crippen LogP contribution in [0.25, 0.3) is 0 Å². The smallest absolute Gasteiger partial charge is 0.237 e. The van der Waals surface area contributed by atoms with Gasteiger partial charge in [-0.2, -0.15) is 0 Å². The molecule has 5 N–H and O–H groups in total. The van der Waals surface area contributed by atoms with Gasteiger partial charge < -0.3 is 21.7 Å². The highest BCUT2D eigenvalue weighted by molar-refractivity contribution is 5.88. The van der Waals surface area contributed by atoms with Crippen molar-refractivity contribution in [2.45, 2.75) is 26.3 Å². The van der Waals surface area contributed by atoms with E-state index < -0.39 is 11.8 Å². The van der Waals surface area contributed by atoms with Gasteiger partial charge in [-0.05, 0) is 13.5 Å². The molecular formula is C10H20N4O3. The predicted octanol–water partition coefficient (Wildman–Crippen LogP) is -1.83. The third-order valence-corrected chi connectivity index (χ3v) is 2.08. The normalized spacial score (nSPS) is 11.9. The number of amides is 3. The highest BCUT2D eigenvalue weighted by Gasteiger charge is 2.19. The van der Waals surface area contributed by atoms with Crippen LogP contribution in [0.5, 0.6) is 0 Å². The molecule has 0 aliphatic rings. The first-order valence-corrected chi connectivity index (χ1v) is 5.44. The fraction of sp³-hybridized carbons (Fsp3) is 0.700. The molecule has 7 nitrogen and oxygen atoms in total. The fourth-order valence-corrected chi connectivity index (χ4v) is 1.42. The van der Waals surface area contributed by atoms with Crippen molar-refractivity contribution in [1.29, 1.82) is 0 Å². The average molecular weight is 244 g/mol. The van der Waals surface area contributed by atoms with Gasteiger partial charge in [0.1, 0.15) is 0 Å². The minimum Gasteiger partial charge on any atom is -0.368 e. The first-order valence-electron chi connectivity index (χ1n) is 5.44. The van der Waals surface area contributed by atoms with Crippen LogP contribution in [0.3, 0.4) is 0 Å². The molecule has 0 bridgehead atoms. The molecule has 0 saturated heterocycles. The maximum atomic E-state index is 11.8. The summed E-state index contributed by atoms with van der Waals surface area (Å²) in [7, 11) is 0. The Morgan fingerprint density at radius 1 is 1.18 bits per heavy atom. The second-order valence-electron chi connectivity index (χ2n) is 3.85. The quantitative estimate of drug-likeness (QED) is 0.465. The van der Waals surface area contributed by atoms with E-state index in [0.717, 1.165) is 11.4 Å². The molecule has 0 aromatic rings. The predicted molar refractivity (Wildman–Crippen MR) is 62.7 cm³/mol. The Morgan fingerprint density at radius 2 is 1.65 bits per heavy atom. The van der Waals surface area contributed by atoms with Crippen LogP contribution >= 0.6 is 0 Å². The topological polar surface area (TPSA) is 119 Å². The SMILES string of the molecule is CCNC(C)CC(=O)N(CC(N)=O)CC(N)=O. The summed E-state index contributed by atoms with van der Waals surface area (Å²) in [6.45, 7) is 3.92. The summed E-state index contributed by atoms with van der Waals surface area (Å²) in [5, 5.41) is 3.06. The molecule has 0 aromatic carbocycles. The second-order valence-corrected chi connectivity index (χ2v) is 3.85. The number of nitrogens with zero attached hydrogens (tertiary/aromatic N) is 1. The van der Waals surface area contributed by atoms with Crippen molar-refractivity contribution < 1.29 is 14.4 Å². The Bertz CT molecular complexity index is 277. The van der Waals surface area contributed by atoms with Gasteiger partial charge in [0.15, 0.2) is 0 Å². The van der Waals surface area contributed by atoms with Crippen molar-refractivity contribution in [2.75, 3.05) is 19.6 Å². The van der Waals surface area contributed by atoms with E-state index in [1.54, 1.807) is 0 Å². The van der Waals surface area contributed by atoms with Crippen LogP contribution in [-0.2, 0) is 14.4 Å². The molecule has 3 amide bonds. The molecule has 1 unspecified atom stereocenters. The van der Waals surface area contributed by atoms with E-state index in [1.165, 1.54) is 0 Å². The summed E-state index contributed by atoms with van der Waals surface area (Å²) in [6.07, 6.45) is 0.189. The number of hydrogen-bond acceptors (Lipinski definition) is 4. The van der Waals surface area contributed by atoms with E-state index in [9.17, 15) is 14.4 Å². The molecule has 17 heavy (non-hydrogen) atoms. The van der Waals surface area contributed by atoms with Gasteiger partial charge in [-0.25, -0.2) is 0 Å². The highest BCUT2D eigenvalue weighted by atomic mass is 16.2. The van der Waals surface area contributed by atoms with Gasteiger partial charge in [-0.15, -0.1) is 0 Å². The lowest BCUT2D eigenvalue weighted by Gasteiger charge is -2.21. The molecular weight excluding hydrogens is 224 g/mol. The summed E-state index contributed by atoms with van der Waals surface area (Å²) in [5.41, 5.74) is 9.99. The summed E-state index contributed by atoms with van der Waals surface area (Å²) in [4.78, 5) is 34.4. The summed E-state index contributed by atoms with van der Waals surface area (Å²) in [5.74, 6) is -1.66. The minimum absolute atomic E-state index is 0.0317. The standard InChI is InChI=1S/C10H20N4O3/c1-3-13-7(2)4-10(17)14(5-8(11)15)6-9(12)16/h7,13H,3-6H2,1-2H3,(H2,11,15)(H2,12,16). The zero-order valence-corrected chi connectivity index (χ0v) is 10.2. The molecule has 7 heteroatoms. The first-order chi connectivity index (χ1) is 7.86. The molecule has 0 heterocycles. The zero-order chi connectivity index (χ0) is 13.4. The highest BCUT2D eigenvalue weighted by Crippen LogP contribution is 1.98. The lowest BCUT2D eigenvalue weighted by atomic mass is 10.2.